The van der Waals surface area contributed by atoms with E-state index in [0.717, 1.165) is 17.7 Å². The topological polar surface area (TPSA) is 52.9 Å². The molecule has 1 aromatic heterocycles. The van der Waals surface area contributed by atoms with Gasteiger partial charge in [-0.25, -0.2) is 0 Å². The Morgan fingerprint density at radius 1 is 1.40 bits per heavy atom. The van der Waals surface area contributed by atoms with E-state index in [2.05, 4.69) is 24.4 Å². The van der Waals surface area contributed by atoms with Crippen LogP contribution in [0.5, 0.6) is 0 Å². The lowest BCUT2D eigenvalue weighted by Gasteiger charge is -2.26. The molecule has 0 bridgehead atoms. The summed E-state index contributed by atoms with van der Waals surface area (Å²) in [4.78, 5) is 14.9. The van der Waals surface area contributed by atoms with Crippen LogP contribution in [0.15, 0.2) is 12.1 Å². The van der Waals surface area contributed by atoms with E-state index >= 15 is 0 Å². The highest BCUT2D eigenvalue weighted by Crippen LogP contribution is 2.31. The van der Waals surface area contributed by atoms with Crippen molar-refractivity contribution >= 4 is 17.2 Å². The molecule has 1 N–H and O–H groups in total. The average molecular weight is 292 g/mol. The van der Waals surface area contributed by atoms with Crippen LogP contribution in [0.1, 0.15) is 62.3 Å². The molecule has 0 aliphatic carbocycles. The number of nitrogens with zero attached hydrogens (tertiary/aromatic N) is 1. The first-order valence-corrected chi connectivity index (χ1v) is 8.09. The highest BCUT2D eigenvalue weighted by atomic mass is 32.1. The minimum Gasteiger partial charge on any atom is -0.347 e. The predicted molar refractivity (Wildman–Crippen MR) is 83.5 cm³/mol. The largest absolute Gasteiger partial charge is 0.347 e. The predicted octanol–water partition coefficient (Wildman–Crippen LogP) is 4.34. The Labute approximate surface area is 126 Å². The average Bonchev–Trinajstić information content (AvgIpc) is 2.85. The zero-order chi connectivity index (χ0) is 15.2. The molecular weight excluding hydrogens is 268 g/mol. The molecule has 1 rings (SSSR count). The number of hydrogen-bond acceptors (Lipinski definition) is 3. The van der Waals surface area contributed by atoms with Crippen LogP contribution in [0, 0.1) is 23.7 Å². The van der Waals surface area contributed by atoms with Gasteiger partial charge in [-0.1, -0.05) is 26.7 Å². The molecule has 1 amide bonds. The molecule has 1 aromatic rings. The highest BCUT2D eigenvalue weighted by molar-refractivity contribution is 7.12. The second-order valence-corrected chi connectivity index (χ2v) is 6.66. The minimum absolute atomic E-state index is 0.0392. The zero-order valence-corrected chi connectivity index (χ0v) is 13.6. The number of carbonyl (C=O) groups is 1. The standard InChI is InChI=1S/C16H24N2OS/c1-5-9-16(11-17,10-6-2)15(19)18-13(4)14-8-7-12(3)20-14/h7-8,13H,5-6,9-10H2,1-4H3,(H,18,19). The fraction of sp³-hybridized carbons (Fsp3) is 0.625. The Morgan fingerprint density at radius 3 is 2.40 bits per heavy atom. The number of nitrogens with one attached hydrogen (secondary N) is 1. The van der Waals surface area contributed by atoms with E-state index in [1.807, 2.05) is 26.8 Å². The maximum Gasteiger partial charge on any atom is 0.240 e. The molecule has 0 spiro atoms. The molecule has 3 nitrogen and oxygen atoms in total. The fourth-order valence-electron chi connectivity index (χ4n) is 2.46. The molecule has 0 radical (unpaired) electrons. The van der Waals surface area contributed by atoms with Gasteiger partial charge in [-0.15, -0.1) is 11.3 Å². The van der Waals surface area contributed by atoms with Crippen molar-refractivity contribution in [3.05, 3.63) is 21.9 Å². The van der Waals surface area contributed by atoms with Crippen molar-refractivity contribution < 1.29 is 4.79 Å². The third-order valence-corrected chi connectivity index (χ3v) is 4.72. The summed E-state index contributed by atoms with van der Waals surface area (Å²) in [6, 6.07) is 6.33. The molecule has 1 atom stereocenters. The van der Waals surface area contributed by atoms with Crippen molar-refractivity contribution in [2.75, 3.05) is 0 Å². The molecule has 0 fully saturated rings. The van der Waals surface area contributed by atoms with Gasteiger partial charge in [0, 0.05) is 9.75 Å². The van der Waals surface area contributed by atoms with Crippen molar-refractivity contribution in [3.8, 4) is 6.07 Å². The summed E-state index contributed by atoms with van der Waals surface area (Å²) in [5, 5.41) is 12.5. The van der Waals surface area contributed by atoms with Gasteiger partial charge in [0.1, 0.15) is 5.41 Å². The van der Waals surface area contributed by atoms with E-state index in [4.69, 9.17) is 0 Å². The van der Waals surface area contributed by atoms with Crippen LogP contribution in [-0.2, 0) is 4.79 Å². The Morgan fingerprint density at radius 2 is 2.00 bits per heavy atom. The smallest absolute Gasteiger partial charge is 0.240 e. The van der Waals surface area contributed by atoms with Gasteiger partial charge < -0.3 is 5.32 Å². The normalized spacial score (nSPS) is 12.8. The van der Waals surface area contributed by atoms with Crippen LogP contribution in [0.25, 0.3) is 0 Å². The third kappa shape index (κ3) is 3.83. The maximum absolute atomic E-state index is 12.5. The van der Waals surface area contributed by atoms with E-state index in [9.17, 15) is 10.1 Å². The number of aryl methyl sites for hydroxylation is 1. The summed E-state index contributed by atoms with van der Waals surface area (Å²) >= 11 is 1.69. The van der Waals surface area contributed by atoms with Crippen LogP contribution < -0.4 is 5.32 Å². The molecule has 1 unspecified atom stereocenters. The van der Waals surface area contributed by atoms with Gasteiger partial charge in [0.25, 0.3) is 0 Å². The Kier molecular flexibility index (Phi) is 6.22. The van der Waals surface area contributed by atoms with Crippen molar-refractivity contribution in [1.29, 1.82) is 5.26 Å². The van der Waals surface area contributed by atoms with Crippen LogP contribution >= 0.6 is 11.3 Å². The summed E-state index contributed by atoms with van der Waals surface area (Å²) in [6.45, 7) is 8.06. The van der Waals surface area contributed by atoms with Crippen LogP contribution in [0.3, 0.4) is 0 Å². The van der Waals surface area contributed by atoms with Crippen molar-refractivity contribution in [2.24, 2.45) is 5.41 Å². The zero-order valence-electron chi connectivity index (χ0n) is 12.8. The first kappa shape index (κ1) is 16.7. The summed E-state index contributed by atoms with van der Waals surface area (Å²) in [5.41, 5.74) is -0.871. The summed E-state index contributed by atoms with van der Waals surface area (Å²) in [5.74, 6) is -0.123. The molecule has 0 aliphatic rings. The number of nitriles is 1. The third-order valence-electron chi connectivity index (χ3n) is 3.54. The molecular formula is C16H24N2OS. The molecule has 4 heteroatoms. The van der Waals surface area contributed by atoms with Gasteiger partial charge in [0.05, 0.1) is 12.1 Å². The van der Waals surface area contributed by atoms with Crippen molar-refractivity contribution in [1.82, 2.24) is 5.32 Å². The fourth-order valence-corrected chi connectivity index (χ4v) is 3.34. The minimum atomic E-state index is -0.871. The molecule has 0 saturated heterocycles. The first-order chi connectivity index (χ1) is 9.49. The lowest BCUT2D eigenvalue weighted by atomic mass is 9.79. The number of carbonyl (C=O) groups excluding carboxylic acids is 1. The van der Waals surface area contributed by atoms with E-state index in [-0.39, 0.29) is 11.9 Å². The van der Waals surface area contributed by atoms with Crippen molar-refractivity contribution in [3.63, 3.8) is 0 Å². The lowest BCUT2D eigenvalue weighted by Crippen LogP contribution is -2.41. The number of rotatable bonds is 7. The van der Waals surface area contributed by atoms with Crippen LogP contribution in [-0.4, -0.2) is 5.91 Å². The Balaban J connectivity index is 2.83. The monoisotopic (exact) mass is 292 g/mol. The van der Waals surface area contributed by atoms with Crippen LogP contribution in [0.4, 0.5) is 0 Å². The van der Waals surface area contributed by atoms with Gasteiger partial charge in [-0.05, 0) is 38.8 Å². The van der Waals surface area contributed by atoms with Gasteiger partial charge >= 0.3 is 0 Å². The van der Waals surface area contributed by atoms with Crippen LogP contribution in [0.2, 0.25) is 0 Å². The van der Waals surface area contributed by atoms with Gasteiger partial charge in [-0.3, -0.25) is 4.79 Å². The lowest BCUT2D eigenvalue weighted by molar-refractivity contribution is -0.129. The molecule has 110 valence electrons. The second-order valence-electron chi connectivity index (χ2n) is 5.34. The molecule has 0 aromatic carbocycles. The number of hydrogen-bond donors (Lipinski definition) is 1. The first-order valence-electron chi connectivity index (χ1n) is 7.27. The van der Waals surface area contributed by atoms with E-state index in [0.29, 0.717) is 12.8 Å². The molecule has 0 saturated carbocycles. The molecule has 20 heavy (non-hydrogen) atoms. The number of thiophene rings is 1. The SMILES string of the molecule is CCCC(C#N)(CCC)C(=O)NC(C)c1ccc(C)s1. The second kappa shape index (κ2) is 7.44. The molecule has 1 heterocycles. The van der Waals surface area contributed by atoms with Crippen molar-refractivity contribution in [2.45, 2.75) is 59.4 Å². The van der Waals surface area contributed by atoms with E-state index < -0.39 is 5.41 Å². The number of amides is 1. The Hall–Kier alpha value is -1.34. The summed E-state index contributed by atoms with van der Waals surface area (Å²) in [6.07, 6.45) is 2.93. The van der Waals surface area contributed by atoms with Gasteiger partial charge in [0.2, 0.25) is 5.91 Å². The van der Waals surface area contributed by atoms with Gasteiger partial charge in [-0.2, -0.15) is 5.26 Å². The molecule has 0 aliphatic heterocycles. The summed E-state index contributed by atoms with van der Waals surface area (Å²) < 4.78 is 0. The van der Waals surface area contributed by atoms with E-state index in [1.165, 1.54) is 4.88 Å². The quantitative estimate of drug-likeness (QED) is 0.812. The Bertz CT molecular complexity index is 481. The van der Waals surface area contributed by atoms with E-state index in [1.54, 1.807) is 11.3 Å². The highest BCUT2D eigenvalue weighted by Gasteiger charge is 2.37. The maximum atomic E-state index is 12.5. The van der Waals surface area contributed by atoms with Gasteiger partial charge in [0.15, 0.2) is 0 Å². The summed E-state index contributed by atoms with van der Waals surface area (Å²) in [7, 11) is 0.